The van der Waals surface area contributed by atoms with Gasteiger partial charge in [-0.05, 0) is 30.2 Å². The molecule has 1 aromatic heterocycles. The second-order valence-corrected chi connectivity index (χ2v) is 8.29. The summed E-state index contributed by atoms with van der Waals surface area (Å²) < 4.78 is 26.5. The van der Waals surface area contributed by atoms with Gasteiger partial charge in [0.05, 0.1) is 15.8 Å². The van der Waals surface area contributed by atoms with Gasteiger partial charge in [-0.15, -0.1) is 12.4 Å². The van der Waals surface area contributed by atoms with Gasteiger partial charge in [0.1, 0.15) is 0 Å². The summed E-state index contributed by atoms with van der Waals surface area (Å²) in [5.74, 6) is 0. The lowest BCUT2D eigenvalue weighted by atomic mass is 9.94. The van der Waals surface area contributed by atoms with Crippen molar-refractivity contribution in [2.24, 2.45) is 11.1 Å². The zero-order valence-electron chi connectivity index (χ0n) is 13.6. The molecule has 0 radical (unpaired) electrons. The van der Waals surface area contributed by atoms with E-state index in [1.807, 2.05) is 13.8 Å². The maximum Gasteiger partial charge on any atom is 0.326 e. The molecule has 1 aromatic carbocycles. The summed E-state index contributed by atoms with van der Waals surface area (Å²) in [6.45, 7) is 4.32. The van der Waals surface area contributed by atoms with Crippen LogP contribution in [0.4, 0.5) is 0 Å². The van der Waals surface area contributed by atoms with Gasteiger partial charge in [0, 0.05) is 13.6 Å². The molecule has 0 saturated carbocycles. The first-order valence-corrected chi connectivity index (χ1v) is 8.44. The van der Waals surface area contributed by atoms with Crippen molar-refractivity contribution in [3.63, 3.8) is 0 Å². The fraction of sp³-hybridized carbons (Fsp3) is 0.429. The van der Waals surface area contributed by atoms with Crippen molar-refractivity contribution in [2.45, 2.75) is 18.7 Å². The highest BCUT2D eigenvalue weighted by Gasteiger charge is 2.27. The summed E-state index contributed by atoms with van der Waals surface area (Å²) in [6, 6.07) is 4.02. The summed E-state index contributed by atoms with van der Waals surface area (Å²) in [7, 11) is -2.30. The number of benzene rings is 1. The number of aromatic amines is 2. The molecular weight excluding hydrogens is 356 g/mol. The molecule has 4 N–H and O–H groups in total. The Labute approximate surface area is 145 Å². The van der Waals surface area contributed by atoms with E-state index in [9.17, 15) is 18.0 Å². The van der Waals surface area contributed by atoms with E-state index < -0.39 is 21.3 Å². The second-order valence-electron chi connectivity index (χ2n) is 6.25. The summed E-state index contributed by atoms with van der Waals surface area (Å²) in [5.41, 5.74) is 4.28. The Morgan fingerprint density at radius 1 is 1.21 bits per heavy atom. The van der Waals surface area contributed by atoms with E-state index in [2.05, 4.69) is 9.97 Å². The minimum Gasteiger partial charge on any atom is -0.330 e. The molecule has 0 saturated heterocycles. The number of hydrogen-bond donors (Lipinski definition) is 3. The second kappa shape index (κ2) is 7.06. The maximum atomic E-state index is 12.6. The molecule has 134 valence electrons. The Morgan fingerprint density at radius 2 is 1.83 bits per heavy atom. The van der Waals surface area contributed by atoms with Crippen molar-refractivity contribution in [3.05, 3.63) is 39.0 Å². The van der Waals surface area contributed by atoms with Gasteiger partial charge in [-0.2, -0.15) is 0 Å². The first kappa shape index (κ1) is 20.4. The van der Waals surface area contributed by atoms with Gasteiger partial charge in [0.25, 0.3) is 5.56 Å². The number of nitrogens with zero attached hydrogens (tertiary/aromatic N) is 1. The Balaban J connectivity index is 0.00000288. The highest BCUT2D eigenvalue weighted by molar-refractivity contribution is 7.89. The van der Waals surface area contributed by atoms with E-state index in [0.717, 1.165) is 0 Å². The Bertz CT molecular complexity index is 949. The largest absolute Gasteiger partial charge is 0.330 e. The Morgan fingerprint density at radius 3 is 2.42 bits per heavy atom. The van der Waals surface area contributed by atoms with Gasteiger partial charge < -0.3 is 10.7 Å². The van der Waals surface area contributed by atoms with Gasteiger partial charge in [0.15, 0.2) is 0 Å². The zero-order chi connectivity index (χ0) is 17.4. The van der Waals surface area contributed by atoms with Crippen LogP contribution in [0.1, 0.15) is 13.8 Å². The van der Waals surface area contributed by atoms with E-state index >= 15 is 0 Å². The Kier molecular flexibility index (Phi) is 5.99. The van der Waals surface area contributed by atoms with Crippen LogP contribution in [0.5, 0.6) is 0 Å². The highest BCUT2D eigenvalue weighted by atomic mass is 35.5. The zero-order valence-corrected chi connectivity index (χ0v) is 15.3. The number of H-pyrrole nitrogens is 2. The van der Waals surface area contributed by atoms with Gasteiger partial charge in [0.2, 0.25) is 10.0 Å². The van der Waals surface area contributed by atoms with Crippen LogP contribution in [0.2, 0.25) is 0 Å². The van der Waals surface area contributed by atoms with Gasteiger partial charge in [-0.1, -0.05) is 13.8 Å². The molecule has 1 heterocycles. The van der Waals surface area contributed by atoms with Crippen LogP contribution in [0.3, 0.4) is 0 Å². The fourth-order valence-electron chi connectivity index (χ4n) is 2.24. The first-order valence-electron chi connectivity index (χ1n) is 7.00. The van der Waals surface area contributed by atoms with Crippen LogP contribution in [0, 0.1) is 5.41 Å². The van der Waals surface area contributed by atoms with E-state index in [4.69, 9.17) is 5.73 Å². The molecule has 8 nitrogen and oxygen atoms in total. The number of rotatable bonds is 5. The van der Waals surface area contributed by atoms with Crippen LogP contribution >= 0.6 is 12.4 Å². The van der Waals surface area contributed by atoms with E-state index in [1.54, 1.807) is 0 Å². The molecule has 24 heavy (non-hydrogen) atoms. The molecule has 0 atom stereocenters. The fourth-order valence-corrected chi connectivity index (χ4v) is 3.62. The third-order valence-corrected chi connectivity index (χ3v) is 5.42. The van der Waals surface area contributed by atoms with Gasteiger partial charge in [-0.25, -0.2) is 17.5 Å². The van der Waals surface area contributed by atoms with Crippen LogP contribution in [-0.2, 0) is 10.0 Å². The molecule has 10 heteroatoms. The highest BCUT2D eigenvalue weighted by Crippen LogP contribution is 2.22. The Hall–Kier alpha value is -1.68. The third-order valence-electron chi connectivity index (χ3n) is 3.62. The van der Waals surface area contributed by atoms with Crippen molar-refractivity contribution in [3.8, 4) is 0 Å². The summed E-state index contributed by atoms with van der Waals surface area (Å²) in [6.07, 6.45) is 0. The van der Waals surface area contributed by atoms with Crippen LogP contribution in [-0.4, -0.2) is 42.8 Å². The smallest absolute Gasteiger partial charge is 0.326 e. The number of aromatic nitrogens is 2. The normalized spacial score (nSPS) is 12.4. The van der Waals surface area contributed by atoms with E-state index in [1.165, 1.54) is 29.6 Å². The van der Waals surface area contributed by atoms with Crippen LogP contribution < -0.4 is 17.0 Å². The monoisotopic (exact) mass is 376 g/mol. The molecular formula is C14H21ClN4O4S. The molecule has 2 aromatic rings. The molecule has 0 unspecified atom stereocenters. The summed E-state index contributed by atoms with van der Waals surface area (Å²) >= 11 is 0. The number of sulfonamides is 1. The van der Waals surface area contributed by atoms with Crippen LogP contribution in [0.25, 0.3) is 10.9 Å². The van der Waals surface area contributed by atoms with Crippen molar-refractivity contribution < 1.29 is 8.42 Å². The molecule has 0 amide bonds. The summed E-state index contributed by atoms with van der Waals surface area (Å²) in [4.78, 5) is 27.6. The predicted molar refractivity (Wildman–Crippen MR) is 95.1 cm³/mol. The van der Waals surface area contributed by atoms with Crippen molar-refractivity contribution in [2.75, 3.05) is 20.1 Å². The summed E-state index contributed by atoms with van der Waals surface area (Å²) in [5, 5.41) is 0.108. The molecule has 2 rings (SSSR count). The van der Waals surface area contributed by atoms with E-state index in [-0.39, 0.29) is 40.2 Å². The quantitative estimate of drug-likeness (QED) is 0.688. The number of nitrogens with two attached hydrogens (primary N) is 1. The molecule has 0 fully saturated rings. The van der Waals surface area contributed by atoms with E-state index in [0.29, 0.717) is 6.54 Å². The molecule has 0 bridgehead atoms. The SMILES string of the molecule is CN(CC(C)(C)CN)S(=O)(=O)c1ccc2[nH]c(=O)[nH]c(=O)c2c1.Cl. The average Bonchev–Trinajstić information content (AvgIpc) is 2.46. The standard InChI is InChI=1S/C14H20N4O4S.ClH/c1-14(2,7-15)8-18(3)23(21,22)9-4-5-11-10(6-9)12(19)17-13(20)16-11;/h4-6H,7-8,15H2,1-3H3,(H2,16,17,19,20);1H. The molecule has 0 aliphatic rings. The molecule has 0 aliphatic heterocycles. The number of nitrogens with one attached hydrogen (secondary N) is 2. The molecule has 0 aliphatic carbocycles. The predicted octanol–water partition coefficient (Wildman–Crippen LogP) is 0.244. The minimum atomic E-state index is -3.77. The van der Waals surface area contributed by atoms with Gasteiger partial charge in [-0.3, -0.25) is 9.78 Å². The van der Waals surface area contributed by atoms with Gasteiger partial charge >= 0.3 is 5.69 Å². The number of halogens is 1. The van der Waals surface area contributed by atoms with Crippen molar-refractivity contribution in [1.29, 1.82) is 0 Å². The lowest BCUT2D eigenvalue weighted by Gasteiger charge is -2.28. The lowest BCUT2D eigenvalue weighted by Crippen LogP contribution is -2.39. The molecule has 0 spiro atoms. The minimum absolute atomic E-state index is 0. The lowest BCUT2D eigenvalue weighted by molar-refractivity contribution is 0.292. The average molecular weight is 377 g/mol. The maximum absolute atomic E-state index is 12.6. The number of hydrogen-bond acceptors (Lipinski definition) is 5. The van der Waals surface area contributed by atoms with Crippen molar-refractivity contribution in [1.82, 2.24) is 14.3 Å². The topological polar surface area (TPSA) is 129 Å². The number of fused-ring (bicyclic) bond motifs is 1. The van der Waals surface area contributed by atoms with Crippen molar-refractivity contribution >= 4 is 33.3 Å². The third kappa shape index (κ3) is 4.04. The first-order chi connectivity index (χ1) is 10.6. The van der Waals surface area contributed by atoms with Crippen LogP contribution in [0.15, 0.2) is 32.7 Å².